The van der Waals surface area contributed by atoms with Crippen LogP contribution in [0.15, 0.2) is 91.0 Å². The fraction of sp³-hybridized carbons (Fsp3) is 0.208. The van der Waals surface area contributed by atoms with Crippen LogP contribution < -0.4 is 0 Å². The topological polar surface area (TPSA) is 42.2 Å². The second-order valence-corrected chi connectivity index (χ2v) is 6.77. The first-order valence-corrected chi connectivity index (χ1v) is 9.18. The normalized spacial score (nSPS) is 24.4. The Bertz CT molecular complexity index is 905. The zero-order valence-electron chi connectivity index (χ0n) is 15.0. The monoisotopic (exact) mass is 355 g/mol. The van der Waals surface area contributed by atoms with Gasteiger partial charge >= 0.3 is 0 Å². The summed E-state index contributed by atoms with van der Waals surface area (Å²) in [6.07, 6.45) is 0.402. The van der Waals surface area contributed by atoms with Crippen molar-refractivity contribution in [1.82, 2.24) is 0 Å². The minimum atomic E-state index is -1.11. The van der Waals surface area contributed by atoms with Crippen molar-refractivity contribution in [3.63, 3.8) is 0 Å². The van der Waals surface area contributed by atoms with Crippen molar-refractivity contribution in [1.29, 1.82) is 5.26 Å². The van der Waals surface area contributed by atoms with Crippen LogP contribution in [0.4, 0.5) is 0 Å². The Balaban J connectivity index is 1.66. The number of benzene rings is 3. The molecule has 0 aliphatic carbocycles. The first-order valence-electron chi connectivity index (χ1n) is 9.18. The molecule has 1 heterocycles. The number of rotatable bonds is 5. The minimum Gasteiger partial charge on any atom is -0.344 e. The highest BCUT2D eigenvalue weighted by molar-refractivity contribution is 5.34. The predicted molar refractivity (Wildman–Crippen MR) is 104 cm³/mol. The van der Waals surface area contributed by atoms with Crippen molar-refractivity contribution in [2.75, 3.05) is 0 Å². The maximum absolute atomic E-state index is 10.1. The van der Waals surface area contributed by atoms with Crippen LogP contribution in [0, 0.1) is 11.3 Å². The summed E-state index contributed by atoms with van der Waals surface area (Å²) >= 11 is 0. The van der Waals surface area contributed by atoms with Gasteiger partial charge in [-0.2, -0.15) is 5.26 Å². The summed E-state index contributed by atoms with van der Waals surface area (Å²) in [4.78, 5) is 0. The molecule has 3 heteroatoms. The van der Waals surface area contributed by atoms with E-state index in [1.165, 1.54) is 0 Å². The molecular weight excluding hydrogens is 334 g/mol. The molecule has 0 N–H and O–H groups in total. The van der Waals surface area contributed by atoms with Crippen molar-refractivity contribution < 1.29 is 9.47 Å². The van der Waals surface area contributed by atoms with Gasteiger partial charge in [0.25, 0.3) is 0 Å². The largest absolute Gasteiger partial charge is 0.344 e. The van der Waals surface area contributed by atoms with Crippen LogP contribution in [-0.4, -0.2) is 12.4 Å². The van der Waals surface area contributed by atoms with E-state index in [0.717, 1.165) is 16.7 Å². The third kappa shape index (κ3) is 3.64. The van der Waals surface area contributed by atoms with Gasteiger partial charge in [0.15, 0.2) is 6.29 Å². The summed E-state index contributed by atoms with van der Waals surface area (Å²) in [5.74, 6) is 0. The molecule has 3 nitrogen and oxygen atoms in total. The number of hydrogen-bond donors (Lipinski definition) is 0. The van der Waals surface area contributed by atoms with Crippen molar-refractivity contribution in [3.05, 3.63) is 108 Å². The molecule has 0 amide bonds. The van der Waals surface area contributed by atoms with Crippen LogP contribution in [0.1, 0.15) is 16.7 Å². The minimum absolute atomic E-state index is 0.374. The number of ether oxygens (including phenoxy) is 2. The summed E-state index contributed by atoms with van der Waals surface area (Å²) in [7, 11) is 0. The van der Waals surface area contributed by atoms with Crippen LogP contribution in [0.3, 0.4) is 0 Å². The molecule has 0 aromatic heterocycles. The van der Waals surface area contributed by atoms with Gasteiger partial charge < -0.3 is 9.47 Å². The van der Waals surface area contributed by atoms with Crippen LogP contribution in [-0.2, 0) is 27.9 Å². The van der Waals surface area contributed by atoms with E-state index >= 15 is 0 Å². The third-order valence-electron chi connectivity index (χ3n) is 4.96. The van der Waals surface area contributed by atoms with Crippen LogP contribution in [0.25, 0.3) is 0 Å². The van der Waals surface area contributed by atoms with Gasteiger partial charge in [-0.25, -0.2) is 0 Å². The second kappa shape index (κ2) is 7.75. The van der Waals surface area contributed by atoms with Crippen molar-refractivity contribution in [3.8, 4) is 6.07 Å². The van der Waals surface area contributed by atoms with E-state index in [1.807, 2.05) is 78.9 Å². The van der Waals surface area contributed by atoms with Crippen LogP contribution >= 0.6 is 0 Å². The lowest BCUT2D eigenvalue weighted by Gasteiger charge is -2.26. The third-order valence-corrected chi connectivity index (χ3v) is 4.96. The zero-order chi connectivity index (χ0) is 18.5. The first kappa shape index (κ1) is 17.5. The van der Waals surface area contributed by atoms with Crippen molar-refractivity contribution >= 4 is 0 Å². The molecule has 1 saturated heterocycles. The predicted octanol–water partition coefficient (Wildman–Crippen LogP) is 4.63. The molecule has 4 rings (SSSR count). The van der Waals surface area contributed by atoms with Crippen molar-refractivity contribution in [2.24, 2.45) is 0 Å². The lowest BCUT2D eigenvalue weighted by molar-refractivity contribution is -0.0764. The molecule has 1 aliphatic heterocycles. The Kier molecular flexibility index (Phi) is 5.02. The molecule has 0 radical (unpaired) electrons. The van der Waals surface area contributed by atoms with Crippen molar-refractivity contribution in [2.45, 2.75) is 30.8 Å². The molecule has 27 heavy (non-hydrogen) atoms. The Labute approximate surface area is 159 Å². The summed E-state index contributed by atoms with van der Waals surface area (Å²) in [5.41, 5.74) is 1.98. The number of nitrogens with zero attached hydrogens (tertiary/aromatic N) is 1. The molecule has 1 fully saturated rings. The fourth-order valence-electron chi connectivity index (χ4n) is 3.61. The summed E-state index contributed by atoms with van der Waals surface area (Å²) < 4.78 is 12.6. The Morgan fingerprint density at radius 3 is 1.81 bits per heavy atom. The lowest BCUT2D eigenvalue weighted by atomic mass is 9.86. The molecular formula is C24H21NO2. The van der Waals surface area contributed by atoms with Gasteiger partial charge in [-0.05, 0) is 11.1 Å². The molecule has 1 aliphatic rings. The highest BCUT2D eigenvalue weighted by Gasteiger charge is 2.51. The molecule has 3 aromatic rings. The van der Waals surface area contributed by atoms with Crippen LogP contribution in [0.5, 0.6) is 0 Å². The van der Waals surface area contributed by atoms with E-state index in [1.54, 1.807) is 0 Å². The smallest absolute Gasteiger partial charge is 0.208 e. The Morgan fingerprint density at radius 2 is 1.26 bits per heavy atom. The first-order chi connectivity index (χ1) is 13.3. The number of nitriles is 1. The maximum atomic E-state index is 10.1. The van der Waals surface area contributed by atoms with E-state index in [2.05, 4.69) is 18.2 Å². The Hall–Kier alpha value is -2.93. The lowest BCUT2D eigenvalue weighted by Crippen LogP contribution is -2.37. The van der Waals surface area contributed by atoms with E-state index < -0.39 is 11.9 Å². The average Bonchev–Trinajstić information content (AvgIpc) is 3.08. The van der Waals surface area contributed by atoms with Gasteiger partial charge in [0, 0.05) is 18.4 Å². The van der Waals surface area contributed by atoms with Crippen LogP contribution in [0.2, 0.25) is 0 Å². The van der Waals surface area contributed by atoms with E-state index in [0.29, 0.717) is 12.8 Å². The maximum Gasteiger partial charge on any atom is 0.208 e. The van der Waals surface area contributed by atoms with Gasteiger partial charge in [-0.3, -0.25) is 0 Å². The highest BCUT2D eigenvalue weighted by atomic mass is 16.7. The van der Waals surface area contributed by atoms with Gasteiger partial charge in [0.2, 0.25) is 5.60 Å². The molecule has 3 aromatic carbocycles. The SMILES string of the molecule is N#CC1(c2ccccc2)OC(Cc2ccccc2)OC1Cc1ccccc1. The summed E-state index contributed by atoms with van der Waals surface area (Å²) in [5, 5.41) is 10.1. The Morgan fingerprint density at radius 1 is 0.741 bits per heavy atom. The fourth-order valence-corrected chi connectivity index (χ4v) is 3.61. The van der Waals surface area contributed by atoms with Gasteiger partial charge in [0.1, 0.15) is 12.2 Å². The molecule has 0 spiro atoms. The summed E-state index contributed by atoms with van der Waals surface area (Å²) in [6, 6.07) is 32.3. The zero-order valence-corrected chi connectivity index (χ0v) is 15.0. The van der Waals surface area contributed by atoms with Gasteiger partial charge in [-0.1, -0.05) is 91.0 Å². The quantitative estimate of drug-likeness (QED) is 0.670. The number of hydrogen-bond acceptors (Lipinski definition) is 3. The van der Waals surface area contributed by atoms with Gasteiger partial charge in [0.05, 0.1) is 0 Å². The van der Waals surface area contributed by atoms with E-state index in [-0.39, 0.29) is 6.10 Å². The average molecular weight is 355 g/mol. The standard InChI is InChI=1S/C24H21NO2/c25-18-24(21-14-8-3-9-15-21)22(16-19-10-4-1-5-11-19)26-23(27-24)17-20-12-6-2-7-13-20/h1-15,22-23H,16-17H2. The van der Waals surface area contributed by atoms with E-state index in [4.69, 9.17) is 9.47 Å². The second-order valence-electron chi connectivity index (χ2n) is 6.77. The van der Waals surface area contributed by atoms with Gasteiger partial charge in [-0.15, -0.1) is 0 Å². The summed E-state index contributed by atoms with van der Waals surface area (Å²) in [6.45, 7) is 0. The van der Waals surface area contributed by atoms with E-state index in [9.17, 15) is 5.26 Å². The molecule has 134 valence electrons. The molecule has 0 saturated carbocycles. The molecule has 0 bridgehead atoms. The highest BCUT2D eigenvalue weighted by Crippen LogP contribution is 2.41. The molecule has 3 atom stereocenters. The molecule has 3 unspecified atom stereocenters.